The predicted octanol–water partition coefficient (Wildman–Crippen LogP) is 1.35. The molecule has 76 valence electrons. The molecule has 0 amide bonds. The van der Waals surface area contributed by atoms with Gasteiger partial charge in [-0.2, -0.15) is 0 Å². The highest BCUT2D eigenvalue weighted by Gasteiger charge is 2.32. The van der Waals surface area contributed by atoms with E-state index in [4.69, 9.17) is 4.74 Å². The number of aliphatic hydroxyl groups is 1. The first kappa shape index (κ1) is 10.5. The molecular formula is C10H18O3. The van der Waals surface area contributed by atoms with Crippen molar-refractivity contribution >= 4 is 5.97 Å². The van der Waals surface area contributed by atoms with Gasteiger partial charge in [-0.05, 0) is 32.1 Å². The van der Waals surface area contributed by atoms with Crippen LogP contribution in [0, 0.1) is 11.8 Å². The first-order valence-electron chi connectivity index (χ1n) is 4.99. The van der Waals surface area contributed by atoms with E-state index in [0.29, 0.717) is 18.9 Å². The Bertz CT molecular complexity index is 179. The van der Waals surface area contributed by atoms with Crippen molar-refractivity contribution in [3.63, 3.8) is 0 Å². The SMILES string of the molecule is CCOC(=O)[C@@H]1C[C@@H](O)CC[C@H]1C. The van der Waals surface area contributed by atoms with Crippen LogP contribution in [0.3, 0.4) is 0 Å². The third-order valence-electron chi connectivity index (χ3n) is 2.76. The number of ether oxygens (including phenoxy) is 1. The molecule has 1 aliphatic rings. The number of esters is 1. The minimum absolute atomic E-state index is 0.0938. The Balaban J connectivity index is 2.50. The average molecular weight is 186 g/mol. The zero-order chi connectivity index (χ0) is 9.84. The Labute approximate surface area is 79.1 Å². The molecule has 3 atom stereocenters. The Morgan fingerprint density at radius 2 is 2.23 bits per heavy atom. The fourth-order valence-electron chi connectivity index (χ4n) is 1.88. The third kappa shape index (κ3) is 2.69. The highest BCUT2D eigenvalue weighted by molar-refractivity contribution is 5.72. The summed E-state index contributed by atoms with van der Waals surface area (Å²) in [4.78, 5) is 11.4. The molecule has 0 spiro atoms. The lowest BCUT2D eigenvalue weighted by atomic mass is 9.79. The molecule has 3 nitrogen and oxygen atoms in total. The van der Waals surface area contributed by atoms with Crippen molar-refractivity contribution in [2.24, 2.45) is 11.8 Å². The van der Waals surface area contributed by atoms with Gasteiger partial charge in [-0.3, -0.25) is 4.79 Å². The Morgan fingerprint density at radius 3 is 2.85 bits per heavy atom. The monoisotopic (exact) mass is 186 g/mol. The summed E-state index contributed by atoms with van der Waals surface area (Å²) in [5, 5.41) is 9.41. The van der Waals surface area contributed by atoms with Gasteiger partial charge in [0.2, 0.25) is 0 Å². The summed E-state index contributed by atoms with van der Waals surface area (Å²) < 4.78 is 4.95. The standard InChI is InChI=1S/C10H18O3/c1-3-13-10(12)9-6-8(11)5-4-7(9)2/h7-9,11H,3-6H2,1-2H3/t7-,8+,9-/m1/s1. The van der Waals surface area contributed by atoms with Crippen LogP contribution in [0.2, 0.25) is 0 Å². The Morgan fingerprint density at radius 1 is 1.54 bits per heavy atom. The molecule has 1 saturated carbocycles. The minimum atomic E-state index is -0.314. The van der Waals surface area contributed by atoms with Crippen molar-refractivity contribution in [1.82, 2.24) is 0 Å². The number of aliphatic hydroxyl groups excluding tert-OH is 1. The predicted molar refractivity (Wildman–Crippen MR) is 49.1 cm³/mol. The number of rotatable bonds is 2. The minimum Gasteiger partial charge on any atom is -0.466 e. The molecule has 0 aliphatic heterocycles. The molecule has 0 aromatic carbocycles. The summed E-state index contributed by atoms with van der Waals surface area (Å²) in [6.45, 7) is 4.29. The lowest BCUT2D eigenvalue weighted by Crippen LogP contribution is -2.33. The second-order valence-corrected chi connectivity index (χ2v) is 3.80. The van der Waals surface area contributed by atoms with Crippen LogP contribution in [0.1, 0.15) is 33.1 Å². The summed E-state index contributed by atoms with van der Waals surface area (Å²) in [5.41, 5.74) is 0. The van der Waals surface area contributed by atoms with Crippen molar-refractivity contribution in [2.45, 2.75) is 39.2 Å². The van der Waals surface area contributed by atoms with E-state index >= 15 is 0 Å². The summed E-state index contributed by atoms with van der Waals surface area (Å²) in [6, 6.07) is 0. The molecule has 0 unspecified atom stereocenters. The number of carbonyl (C=O) groups excluding carboxylic acids is 1. The molecule has 1 aliphatic carbocycles. The Hall–Kier alpha value is -0.570. The summed E-state index contributed by atoms with van der Waals surface area (Å²) >= 11 is 0. The van der Waals surface area contributed by atoms with Crippen LogP contribution < -0.4 is 0 Å². The van der Waals surface area contributed by atoms with E-state index in [1.54, 1.807) is 0 Å². The molecule has 0 bridgehead atoms. The summed E-state index contributed by atoms with van der Waals surface area (Å²) in [5.74, 6) is 0.111. The maximum Gasteiger partial charge on any atom is 0.309 e. The van der Waals surface area contributed by atoms with E-state index in [2.05, 4.69) is 0 Å². The van der Waals surface area contributed by atoms with Crippen LogP contribution in [0.25, 0.3) is 0 Å². The summed E-state index contributed by atoms with van der Waals surface area (Å²) in [7, 11) is 0. The van der Waals surface area contributed by atoms with Crippen LogP contribution in [0.4, 0.5) is 0 Å². The fourth-order valence-corrected chi connectivity index (χ4v) is 1.88. The van der Waals surface area contributed by atoms with Gasteiger partial charge >= 0.3 is 5.97 Å². The smallest absolute Gasteiger partial charge is 0.309 e. The van der Waals surface area contributed by atoms with Crippen LogP contribution >= 0.6 is 0 Å². The van der Waals surface area contributed by atoms with Crippen molar-refractivity contribution < 1.29 is 14.6 Å². The molecule has 0 radical (unpaired) electrons. The average Bonchev–Trinajstić information content (AvgIpc) is 2.09. The molecular weight excluding hydrogens is 168 g/mol. The van der Waals surface area contributed by atoms with Crippen LogP contribution in [0.15, 0.2) is 0 Å². The fraction of sp³-hybridized carbons (Fsp3) is 0.900. The van der Waals surface area contributed by atoms with Gasteiger partial charge in [-0.15, -0.1) is 0 Å². The lowest BCUT2D eigenvalue weighted by Gasteiger charge is -2.29. The van der Waals surface area contributed by atoms with E-state index in [0.717, 1.165) is 12.8 Å². The third-order valence-corrected chi connectivity index (χ3v) is 2.76. The molecule has 1 N–H and O–H groups in total. The van der Waals surface area contributed by atoms with E-state index in [1.807, 2.05) is 13.8 Å². The number of hydrogen-bond acceptors (Lipinski definition) is 3. The second-order valence-electron chi connectivity index (χ2n) is 3.80. The highest BCUT2D eigenvalue weighted by atomic mass is 16.5. The number of carbonyl (C=O) groups is 1. The van der Waals surface area contributed by atoms with Crippen LogP contribution in [0.5, 0.6) is 0 Å². The van der Waals surface area contributed by atoms with Gasteiger partial charge in [0, 0.05) is 0 Å². The molecule has 0 saturated heterocycles. The maximum atomic E-state index is 11.4. The summed E-state index contributed by atoms with van der Waals surface area (Å²) in [6.07, 6.45) is 1.99. The number of hydrogen-bond donors (Lipinski definition) is 1. The molecule has 0 aromatic rings. The van der Waals surface area contributed by atoms with Gasteiger partial charge in [-0.25, -0.2) is 0 Å². The van der Waals surface area contributed by atoms with E-state index in [-0.39, 0.29) is 18.0 Å². The molecule has 0 heterocycles. The van der Waals surface area contributed by atoms with Crippen molar-refractivity contribution in [2.75, 3.05) is 6.61 Å². The van der Waals surface area contributed by atoms with Crippen LogP contribution in [-0.4, -0.2) is 23.8 Å². The van der Waals surface area contributed by atoms with Crippen molar-refractivity contribution in [3.05, 3.63) is 0 Å². The van der Waals surface area contributed by atoms with Crippen molar-refractivity contribution in [1.29, 1.82) is 0 Å². The Kier molecular flexibility index (Phi) is 3.72. The van der Waals surface area contributed by atoms with Crippen molar-refractivity contribution in [3.8, 4) is 0 Å². The van der Waals surface area contributed by atoms with Gasteiger partial charge in [0.15, 0.2) is 0 Å². The topological polar surface area (TPSA) is 46.5 Å². The quantitative estimate of drug-likeness (QED) is 0.662. The van der Waals surface area contributed by atoms with E-state index in [1.165, 1.54) is 0 Å². The first-order chi connectivity index (χ1) is 6.15. The zero-order valence-electron chi connectivity index (χ0n) is 8.32. The highest BCUT2D eigenvalue weighted by Crippen LogP contribution is 2.30. The van der Waals surface area contributed by atoms with Gasteiger partial charge in [0.25, 0.3) is 0 Å². The van der Waals surface area contributed by atoms with Crippen LogP contribution in [-0.2, 0) is 9.53 Å². The lowest BCUT2D eigenvalue weighted by molar-refractivity contribution is -0.152. The molecule has 1 rings (SSSR count). The van der Waals surface area contributed by atoms with E-state index in [9.17, 15) is 9.90 Å². The first-order valence-corrected chi connectivity index (χ1v) is 4.99. The van der Waals surface area contributed by atoms with Gasteiger partial charge in [-0.1, -0.05) is 6.92 Å². The normalized spacial score (nSPS) is 34.2. The largest absolute Gasteiger partial charge is 0.466 e. The molecule has 13 heavy (non-hydrogen) atoms. The molecule has 1 fully saturated rings. The van der Waals surface area contributed by atoms with E-state index < -0.39 is 0 Å². The molecule has 3 heteroatoms. The molecule has 0 aromatic heterocycles. The maximum absolute atomic E-state index is 11.4. The zero-order valence-corrected chi connectivity index (χ0v) is 8.32. The second kappa shape index (κ2) is 4.61. The van der Waals surface area contributed by atoms with Gasteiger partial charge < -0.3 is 9.84 Å². The van der Waals surface area contributed by atoms with Gasteiger partial charge in [0.05, 0.1) is 18.6 Å². The van der Waals surface area contributed by atoms with Gasteiger partial charge in [0.1, 0.15) is 0 Å².